The Morgan fingerprint density at radius 3 is 2.43 bits per heavy atom. The fraction of sp³-hybridized carbons (Fsp3) is 0.318. The number of amides is 1. The third-order valence-corrected chi connectivity index (χ3v) is 4.97. The number of carbonyl (C=O) groups is 1. The van der Waals surface area contributed by atoms with Crippen molar-refractivity contribution >= 4 is 12.0 Å². The Balaban J connectivity index is 0.000000236. The van der Waals surface area contributed by atoms with Crippen LogP contribution in [0.15, 0.2) is 54.6 Å². The molecule has 2 aromatic rings. The summed E-state index contributed by atoms with van der Waals surface area (Å²) in [6.07, 6.45) is 2.91. The van der Waals surface area contributed by atoms with Crippen LogP contribution in [0.5, 0.6) is 0 Å². The summed E-state index contributed by atoms with van der Waals surface area (Å²) < 4.78 is 27.2. The van der Waals surface area contributed by atoms with E-state index < -0.39 is 5.82 Å². The Hall–Kier alpha value is -2.57. The molecule has 6 heteroatoms. The highest BCUT2D eigenvalue weighted by atomic mass is 19.1. The maximum absolute atomic E-state index is 13.9. The van der Waals surface area contributed by atoms with Crippen molar-refractivity contribution < 1.29 is 13.6 Å². The minimum Gasteiger partial charge on any atom is -0.343 e. The number of benzene rings is 2. The van der Waals surface area contributed by atoms with E-state index in [4.69, 9.17) is 0 Å². The molecular formula is C22H25F2N3O. The number of hydrogen-bond acceptors (Lipinski definition) is 3. The zero-order valence-corrected chi connectivity index (χ0v) is 15.9. The van der Waals surface area contributed by atoms with Gasteiger partial charge in [-0.1, -0.05) is 36.4 Å². The highest BCUT2D eigenvalue weighted by Crippen LogP contribution is 2.34. The normalized spacial score (nSPS) is 19.6. The molecule has 2 heterocycles. The molecule has 1 fully saturated rings. The lowest BCUT2D eigenvalue weighted by Gasteiger charge is -2.22. The van der Waals surface area contributed by atoms with Crippen LogP contribution >= 0.6 is 0 Å². The topological polar surface area (TPSA) is 35.6 Å². The van der Waals surface area contributed by atoms with Gasteiger partial charge < -0.3 is 10.2 Å². The number of piperazine rings is 1. The number of rotatable bonds is 3. The first kappa shape index (κ1) is 20.2. The molecule has 1 amide bonds. The quantitative estimate of drug-likeness (QED) is 0.825. The number of hydrogen-bond donors (Lipinski definition) is 1. The van der Waals surface area contributed by atoms with Crippen molar-refractivity contribution in [2.45, 2.75) is 6.04 Å². The maximum atomic E-state index is 13.9. The van der Waals surface area contributed by atoms with E-state index in [1.54, 1.807) is 4.90 Å². The Kier molecular flexibility index (Phi) is 6.90. The molecule has 1 N–H and O–H groups in total. The van der Waals surface area contributed by atoms with Crippen LogP contribution in [0.4, 0.5) is 8.78 Å². The van der Waals surface area contributed by atoms with E-state index in [1.165, 1.54) is 12.1 Å². The van der Waals surface area contributed by atoms with Gasteiger partial charge >= 0.3 is 0 Å². The molecule has 0 saturated carbocycles. The predicted molar refractivity (Wildman–Crippen MR) is 107 cm³/mol. The maximum Gasteiger partial charge on any atom is 0.209 e. The molecule has 148 valence electrons. The van der Waals surface area contributed by atoms with Crippen LogP contribution < -0.4 is 5.32 Å². The molecular weight excluding hydrogens is 360 g/mol. The third-order valence-electron chi connectivity index (χ3n) is 4.97. The highest BCUT2D eigenvalue weighted by molar-refractivity contribution is 5.70. The van der Waals surface area contributed by atoms with Crippen LogP contribution in [0.1, 0.15) is 17.2 Å². The van der Waals surface area contributed by atoms with Gasteiger partial charge in [-0.05, 0) is 36.4 Å². The van der Waals surface area contributed by atoms with Crippen LogP contribution in [0.2, 0.25) is 0 Å². The summed E-state index contributed by atoms with van der Waals surface area (Å²) in [4.78, 5) is 14.0. The molecule has 0 aliphatic carbocycles. The van der Waals surface area contributed by atoms with Crippen molar-refractivity contribution in [1.29, 1.82) is 0 Å². The molecule has 0 aromatic heterocycles. The molecule has 4 nitrogen and oxygen atoms in total. The Morgan fingerprint density at radius 1 is 1.07 bits per heavy atom. The van der Waals surface area contributed by atoms with Crippen molar-refractivity contribution in [2.24, 2.45) is 0 Å². The summed E-state index contributed by atoms with van der Waals surface area (Å²) >= 11 is 0. The molecule has 2 aliphatic rings. The Bertz CT molecular complexity index is 820. The van der Waals surface area contributed by atoms with Gasteiger partial charge in [-0.2, -0.15) is 0 Å². The van der Waals surface area contributed by atoms with E-state index >= 15 is 0 Å². The van der Waals surface area contributed by atoms with Gasteiger partial charge in [-0.25, -0.2) is 8.78 Å². The van der Waals surface area contributed by atoms with Gasteiger partial charge in [0.2, 0.25) is 6.41 Å². The van der Waals surface area contributed by atoms with E-state index in [9.17, 15) is 13.6 Å². The zero-order valence-electron chi connectivity index (χ0n) is 15.9. The van der Waals surface area contributed by atoms with E-state index in [-0.39, 0.29) is 11.9 Å². The highest BCUT2D eigenvalue weighted by Gasteiger charge is 2.25. The molecule has 4 rings (SSSR count). The SMILES string of the molecule is CN1CC(c2cc(F)ccc2F)=CC1c1ccccc1.O=CN1CCNCC1. The van der Waals surface area contributed by atoms with E-state index in [1.807, 2.05) is 43.5 Å². The van der Waals surface area contributed by atoms with Gasteiger partial charge in [0, 0.05) is 38.3 Å². The molecule has 1 atom stereocenters. The number of nitrogens with one attached hydrogen (secondary N) is 1. The monoisotopic (exact) mass is 385 g/mol. The molecule has 0 radical (unpaired) electrons. The number of nitrogens with zero attached hydrogens (tertiary/aromatic N) is 2. The molecule has 0 bridgehead atoms. The van der Waals surface area contributed by atoms with Crippen molar-refractivity contribution in [3.05, 3.63) is 77.4 Å². The first-order valence-electron chi connectivity index (χ1n) is 9.40. The largest absolute Gasteiger partial charge is 0.343 e. The predicted octanol–water partition coefficient (Wildman–Crippen LogP) is 3.08. The molecule has 2 aliphatic heterocycles. The van der Waals surface area contributed by atoms with Crippen molar-refractivity contribution in [3.63, 3.8) is 0 Å². The smallest absolute Gasteiger partial charge is 0.209 e. The summed E-state index contributed by atoms with van der Waals surface area (Å²) in [5, 5.41) is 3.15. The van der Waals surface area contributed by atoms with E-state index in [2.05, 4.69) is 10.2 Å². The van der Waals surface area contributed by atoms with Gasteiger partial charge in [0.15, 0.2) is 0 Å². The fourth-order valence-corrected chi connectivity index (χ4v) is 3.44. The van der Waals surface area contributed by atoms with Crippen LogP contribution in [-0.4, -0.2) is 56.0 Å². The summed E-state index contributed by atoms with van der Waals surface area (Å²) in [5.41, 5.74) is 2.34. The van der Waals surface area contributed by atoms with E-state index in [0.717, 1.165) is 49.8 Å². The second kappa shape index (κ2) is 9.57. The lowest BCUT2D eigenvalue weighted by Crippen LogP contribution is -2.42. The zero-order chi connectivity index (χ0) is 19.9. The van der Waals surface area contributed by atoms with Crippen molar-refractivity contribution in [2.75, 3.05) is 39.8 Å². The molecule has 1 unspecified atom stereocenters. The first-order valence-corrected chi connectivity index (χ1v) is 9.40. The Labute approximate surface area is 164 Å². The van der Waals surface area contributed by atoms with E-state index in [0.29, 0.717) is 12.1 Å². The van der Waals surface area contributed by atoms with Gasteiger partial charge in [0.05, 0.1) is 6.04 Å². The summed E-state index contributed by atoms with van der Waals surface area (Å²) in [5.74, 6) is -0.784. The van der Waals surface area contributed by atoms with Crippen molar-refractivity contribution in [1.82, 2.24) is 15.1 Å². The second-order valence-electron chi connectivity index (χ2n) is 6.98. The summed E-state index contributed by atoms with van der Waals surface area (Å²) in [7, 11) is 1.98. The summed E-state index contributed by atoms with van der Waals surface area (Å²) in [6, 6.07) is 13.7. The molecule has 28 heavy (non-hydrogen) atoms. The van der Waals surface area contributed by atoms with Gasteiger partial charge in [0.1, 0.15) is 11.6 Å². The second-order valence-corrected chi connectivity index (χ2v) is 6.98. The van der Waals surface area contributed by atoms with Crippen LogP contribution in [0.3, 0.4) is 0 Å². The molecule has 0 spiro atoms. The van der Waals surface area contributed by atoms with Gasteiger partial charge in [-0.15, -0.1) is 0 Å². The third kappa shape index (κ3) is 5.03. The van der Waals surface area contributed by atoms with Crippen molar-refractivity contribution in [3.8, 4) is 0 Å². The van der Waals surface area contributed by atoms with Crippen LogP contribution in [-0.2, 0) is 4.79 Å². The average Bonchev–Trinajstić information content (AvgIpc) is 3.13. The minimum atomic E-state index is -0.409. The first-order chi connectivity index (χ1) is 13.6. The standard InChI is InChI=1S/C17H15F2N.C5H10N2O/c1-20-11-13(15-10-14(18)7-8-16(15)19)9-17(20)12-5-3-2-4-6-12;8-5-7-3-1-6-2-4-7/h2-10,17H,11H2,1H3;5-6H,1-4H2. The lowest BCUT2D eigenvalue weighted by atomic mass is 10.0. The van der Waals surface area contributed by atoms with Gasteiger partial charge in [-0.3, -0.25) is 9.69 Å². The number of carbonyl (C=O) groups excluding carboxylic acids is 1. The number of halogens is 2. The Morgan fingerprint density at radius 2 is 1.79 bits per heavy atom. The van der Waals surface area contributed by atoms with Crippen LogP contribution in [0.25, 0.3) is 5.57 Å². The number of likely N-dealkylation sites (N-methyl/N-ethyl adjacent to an activating group) is 1. The molecule has 1 saturated heterocycles. The lowest BCUT2D eigenvalue weighted by molar-refractivity contribution is -0.118. The summed E-state index contributed by atoms with van der Waals surface area (Å²) in [6.45, 7) is 4.23. The minimum absolute atomic E-state index is 0.105. The van der Waals surface area contributed by atoms with Crippen LogP contribution in [0, 0.1) is 11.6 Å². The van der Waals surface area contributed by atoms with Gasteiger partial charge in [0.25, 0.3) is 0 Å². The molecule has 2 aromatic carbocycles. The average molecular weight is 385 g/mol. The fourth-order valence-electron chi connectivity index (χ4n) is 3.44.